The minimum absolute atomic E-state index is 0.0778. The summed E-state index contributed by atoms with van der Waals surface area (Å²) in [6, 6.07) is 2.92. The van der Waals surface area contributed by atoms with E-state index < -0.39 is 11.6 Å². The second kappa shape index (κ2) is 4.90. The predicted molar refractivity (Wildman–Crippen MR) is 68.3 cm³/mol. The third-order valence-corrected chi connectivity index (χ3v) is 3.49. The number of hydrogen-bond acceptors (Lipinski definition) is 2. The first-order valence-electron chi connectivity index (χ1n) is 5.63. The highest BCUT2D eigenvalue weighted by atomic mass is 79.9. The van der Waals surface area contributed by atoms with E-state index in [9.17, 15) is 8.78 Å². The van der Waals surface area contributed by atoms with Crippen LogP contribution in [0.4, 0.5) is 14.5 Å². The molecule has 1 N–H and O–H groups in total. The Bertz CT molecular complexity index is 402. The van der Waals surface area contributed by atoms with E-state index in [-0.39, 0.29) is 17.8 Å². The lowest BCUT2D eigenvalue weighted by atomic mass is 10.1. The van der Waals surface area contributed by atoms with E-state index in [0.717, 1.165) is 6.54 Å². The summed E-state index contributed by atoms with van der Waals surface area (Å²) in [6.45, 7) is 5.31. The molecule has 0 saturated carbocycles. The summed E-state index contributed by atoms with van der Waals surface area (Å²) in [7, 11) is 0. The minimum atomic E-state index is -0.516. The zero-order valence-electron chi connectivity index (χ0n) is 9.80. The van der Waals surface area contributed by atoms with Crippen LogP contribution in [0, 0.1) is 11.6 Å². The highest BCUT2D eigenvalue weighted by Gasteiger charge is 2.27. The fraction of sp³-hybridized carbons (Fsp3) is 0.500. The molecule has 0 amide bonds. The van der Waals surface area contributed by atoms with Gasteiger partial charge in [0.25, 0.3) is 0 Å². The van der Waals surface area contributed by atoms with Crippen molar-refractivity contribution >= 4 is 21.6 Å². The number of anilines is 1. The summed E-state index contributed by atoms with van der Waals surface area (Å²) < 4.78 is 28.2. The van der Waals surface area contributed by atoms with Gasteiger partial charge >= 0.3 is 0 Å². The average Bonchev–Trinajstić information content (AvgIpc) is 2.21. The van der Waals surface area contributed by atoms with E-state index in [2.05, 4.69) is 21.2 Å². The standard InChI is InChI=1S/C12H15BrF2N2/c1-7-6-17(8(2)5-16-7)12-10(14)3-9(13)4-11(12)15/h3-4,7-8,16H,5-6H2,1-2H3. The maximum atomic E-state index is 13.9. The molecule has 2 unspecified atom stereocenters. The van der Waals surface area contributed by atoms with Gasteiger partial charge < -0.3 is 10.2 Å². The second-order valence-corrected chi connectivity index (χ2v) is 5.44. The number of nitrogens with one attached hydrogen (secondary N) is 1. The highest BCUT2D eigenvalue weighted by Crippen LogP contribution is 2.29. The quantitative estimate of drug-likeness (QED) is 0.858. The Labute approximate surface area is 108 Å². The van der Waals surface area contributed by atoms with Crippen LogP contribution in [0.15, 0.2) is 16.6 Å². The van der Waals surface area contributed by atoms with Gasteiger partial charge in [-0.15, -0.1) is 0 Å². The van der Waals surface area contributed by atoms with Gasteiger partial charge in [-0.05, 0) is 26.0 Å². The smallest absolute Gasteiger partial charge is 0.150 e. The van der Waals surface area contributed by atoms with Gasteiger partial charge in [-0.1, -0.05) is 15.9 Å². The van der Waals surface area contributed by atoms with Gasteiger partial charge in [0.15, 0.2) is 11.6 Å². The lowest BCUT2D eigenvalue weighted by molar-refractivity contribution is 0.414. The van der Waals surface area contributed by atoms with Crippen LogP contribution in [0.25, 0.3) is 0 Å². The van der Waals surface area contributed by atoms with Crippen molar-refractivity contribution < 1.29 is 8.78 Å². The SMILES string of the molecule is CC1CN(c2c(F)cc(Br)cc2F)C(C)CN1. The van der Waals surface area contributed by atoms with Gasteiger partial charge in [-0.2, -0.15) is 0 Å². The number of hydrogen-bond donors (Lipinski definition) is 1. The monoisotopic (exact) mass is 304 g/mol. The van der Waals surface area contributed by atoms with Crippen molar-refractivity contribution in [2.24, 2.45) is 0 Å². The van der Waals surface area contributed by atoms with Crippen LogP contribution in [0.3, 0.4) is 0 Å². The molecule has 2 nitrogen and oxygen atoms in total. The van der Waals surface area contributed by atoms with E-state index in [1.54, 1.807) is 4.90 Å². The molecule has 1 aromatic rings. The molecule has 17 heavy (non-hydrogen) atoms. The Balaban J connectivity index is 2.38. The van der Waals surface area contributed by atoms with Gasteiger partial charge in [0.1, 0.15) is 5.69 Å². The van der Waals surface area contributed by atoms with Crippen molar-refractivity contribution in [3.05, 3.63) is 28.2 Å². The maximum absolute atomic E-state index is 13.9. The molecule has 1 heterocycles. The van der Waals surface area contributed by atoms with E-state index in [0.29, 0.717) is 11.0 Å². The van der Waals surface area contributed by atoms with Crippen molar-refractivity contribution in [1.29, 1.82) is 0 Å². The topological polar surface area (TPSA) is 15.3 Å². The average molecular weight is 305 g/mol. The molecule has 94 valence electrons. The molecule has 0 spiro atoms. The zero-order valence-corrected chi connectivity index (χ0v) is 11.4. The molecule has 2 rings (SSSR count). The van der Waals surface area contributed by atoms with Gasteiger partial charge in [-0.3, -0.25) is 0 Å². The Hall–Kier alpha value is -0.680. The van der Waals surface area contributed by atoms with Crippen LogP contribution in [0.1, 0.15) is 13.8 Å². The fourth-order valence-corrected chi connectivity index (χ4v) is 2.54. The summed E-state index contributed by atoms with van der Waals surface area (Å²) >= 11 is 3.09. The van der Waals surface area contributed by atoms with Crippen LogP contribution in [-0.4, -0.2) is 25.2 Å². The minimum Gasteiger partial charge on any atom is -0.361 e. The molecule has 1 saturated heterocycles. The summed E-state index contributed by atoms with van der Waals surface area (Å²) in [5, 5.41) is 3.29. The van der Waals surface area contributed by atoms with Crippen molar-refractivity contribution in [2.45, 2.75) is 25.9 Å². The highest BCUT2D eigenvalue weighted by molar-refractivity contribution is 9.10. The summed E-state index contributed by atoms with van der Waals surface area (Å²) in [6.07, 6.45) is 0. The number of rotatable bonds is 1. The molecule has 0 aromatic heterocycles. The third-order valence-electron chi connectivity index (χ3n) is 3.03. The molecule has 1 aliphatic heterocycles. The first kappa shape index (κ1) is 12.8. The fourth-order valence-electron chi connectivity index (χ4n) is 2.14. The van der Waals surface area contributed by atoms with Crippen LogP contribution in [-0.2, 0) is 0 Å². The largest absolute Gasteiger partial charge is 0.361 e. The van der Waals surface area contributed by atoms with E-state index in [4.69, 9.17) is 0 Å². The van der Waals surface area contributed by atoms with E-state index in [1.807, 2.05) is 13.8 Å². The number of halogens is 3. The number of nitrogens with zero attached hydrogens (tertiary/aromatic N) is 1. The molecule has 0 aliphatic carbocycles. The molecular formula is C12H15BrF2N2. The third kappa shape index (κ3) is 2.60. The van der Waals surface area contributed by atoms with Crippen LogP contribution >= 0.6 is 15.9 Å². The Morgan fingerprint density at radius 1 is 1.29 bits per heavy atom. The van der Waals surface area contributed by atoms with Gasteiger partial charge in [0, 0.05) is 29.6 Å². The summed E-state index contributed by atoms with van der Waals surface area (Å²) in [5.41, 5.74) is 0.0778. The Morgan fingerprint density at radius 2 is 1.88 bits per heavy atom. The van der Waals surface area contributed by atoms with Crippen molar-refractivity contribution in [1.82, 2.24) is 5.32 Å². The number of benzene rings is 1. The van der Waals surface area contributed by atoms with E-state index >= 15 is 0 Å². The molecule has 1 fully saturated rings. The lowest BCUT2D eigenvalue weighted by Crippen LogP contribution is -2.55. The number of piperazine rings is 1. The maximum Gasteiger partial charge on any atom is 0.150 e. The summed E-state index contributed by atoms with van der Waals surface area (Å²) in [5.74, 6) is -1.03. The Kier molecular flexibility index (Phi) is 3.68. The van der Waals surface area contributed by atoms with Crippen molar-refractivity contribution in [2.75, 3.05) is 18.0 Å². The normalized spacial score (nSPS) is 25.1. The molecular weight excluding hydrogens is 290 g/mol. The first-order chi connectivity index (χ1) is 7.99. The van der Waals surface area contributed by atoms with Crippen molar-refractivity contribution in [3.8, 4) is 0 Å². The molecule has 5 heteroatoms. The predicted octanol–water partition coefficient (Wildman–Crippen LogP) is 2.91. The van der Waals surface area contributed by atoms with Gasteiger partial charge in [0.05, 0.1) is 0 Å². The van der Waals surface area contributed by atoms with E-state index in [1.165, 1.54) is 12.1 Å². The zero-order chi connectivity index (χ0) is 12.6. The summed E-state index contributed by atoms with van der Waals surface area (Å²) in [4.78, 5) is 1.79. The first-order valence-corrected chi connectivity index (χ1v) is 6.43. The second-order valence-electron chi connectivity index (χ2n) is 4.53. The molecule has 2 atom stereocenters. The van der Waals surface area contributed by atoms with Gasteiger partial charge in [-0.25, -0.2) is 8.78 Å². The lowest BCUT2D eigenvalue weighted by Gasteiger charge is -2.39. The van der Waals surface area contributed by atoms with Crippen molar-refractivity contribution in [3.63, 3.8) is 0 Å². The van der Waals surface area contributed by atoms with Crippen LogP contribution in [0.2, 0.25) is 0 Å². The molecule has 0 radical (unpaired) electrons. The van der Waals surface area contributed by atoms with Gasteiger partial charge in [0.2, 0.25) is 0 Å². The molecule has 1 aliphatic rings. The molecule has 1 aromatic carbocycles. The molecule has 0 bridgehead atoms. The van der Waals surface area contributed by atoms with Crippen LogP contribution < -0.4 is 10.2 Å². The Morgan fingerprint density at radius 3 is 2.47 bits per heavy atom. The van der Waals surface area contributed by atoms with Crippen LogP contribution in [0.5, 0.6) is 0 Å².